The predicted molar refractivity (Wildman–Crippen MR) is 81.8 cm³/mol. The van der Waals surface area contributed by atoms with Gasteiger partial charge in [0, 0.05) is 18.8 Å². The lowest BCUT2D eigenvalue weighted by Crippen LogP contribution is -2.34. The molecule has 112 valence electrons. The Balaban J connectivity index is 2.92. The van der Waals surface area contributed by atoms with E-state index in [1.807, 2.05) is 12.1 Å². The number of amidine groups is 1. The Bertz CT molecular complexity index is 434. The van der Waals surface area contributed by atoms with Crippen LogP contribution in [0, 0.1) is 0 Å². The Morgan fingerprint density at radius 3 is 2.85 bits per heavy atom. The number of aromatic nitrogens is 1. The van der Waals surface area contributed by atoms with Crippen molar-refractivity contribution in [2.75, 3.05) is 6.54 Å². The summed E-state index contributed by atoms with van der Waals surface area (Å²) in [7, 11) is 0. The monoisotopic (exact) mass is 278 g/mol. The Hall–Kier alpha value is -1.62. The van der Waals surface area contributed by atoms with Crippen molar-refractivity contribution < 1.29 is 5.21 Å². The molecule has 20 heavy (non-hydrogen) atoms. The molecule has 0 saturated heterocycles. The zero-order valence-corrected chi connectivity index (χ0v) is 12.7. The summed E-state index contributed by atoms with van der Waals surface area (Å²) in [6.45, 7) is 8.44. The third-order valence-corrected chi connectivity index (χ3v) is 3.63. The molecule has 0 bridgehead atoms. The van der Waals surface area contributed by atoms with E-state index in [0.29, 0.717) is 11.7 Å². The topological polar surface area (TPSA) is 74.7 Å². The molecule has 0 aliphatic carbocycles. The van der Waals surface area contributed by atoms with Crippen LogP contribution in [-0.4, -0.2) is 33.5 Å². The summed E-state index contributed by atoms with van der Waals surface area (Å²) in [4.78, 5) is 6.65. The van der Waals surface area contributed by atoms with E-state index in [9.17, 15) is 0 Å². The highest BCUT2D eigenvalue weighted by molar-refractivity contribution is 5.96. The Morgan fingerprint density at radius 2 is 2.25 bits per heavy atom. The summed E-state index contributed by atoms with van der Waals surface area (Å²) in [5, 5.41) is 11.9. The number of oxime groups is 1. The van der Waals surface area contributed by atoms with Crippen LogP contribution in [0.15, 0.2) is 23.5 Å². The Kier molecular flexibility index (Phi) is 7.01. The average molecular weight is 278 g/mol. The lowest BCUT2D eigenvalue weighted by atomic mass is 10.1. The number of hydrogen-bond acceptors (Lipinski definition) is 4. The minimum absolute atomic E-state index is 0.0696. The van der Waals surface area contributed by atoms with Gasteiger partial charge in [0.15, 0.2) is 5.84 Å². The minimum Gasteiger partial charge on any atom is -0.409 e. The van der Waals surface area contributed by atoms with Crippen molar-refractivity contribution in [2.45, 2.75) is 52.6 Å². The molecule has 0 fully saturated rings. The van der Waals surface area contributed by atoms with Gasteiger partial charge in [-0.2, -0.15) is 0 Å². The first kappa shape index (κ1) is 16.4. The van der Waals surface area contributed by atoms with Crippen molar-refractivity contribution in [2.24, 2.45) is 10.9 Å². The standard InChI is InChI=1S/C15H26N4O/c1-4-6-10-19(12(3)5-2)11-13-8-7-9-17-14(13)15(16)18-20/h7-9,12,20H,4-6,10-11H2,1-3H3,(H2,16,18). The summed E-state index contributed by atoms with van der Waals surface area (Å²) < 4.78 is 0. The molecule has 1 aromatic rings. The van der Waals surface area contributed by atoms with E-state index in [0.717, 1.165) is 25.1 Å². The van der Waals surface area contributed by atoms with Gasteiger partial charge in [-0.25, -0.2) is 0 Å². The van der Waals surface area contributed by atoms with Crippen molar-refractivity contribution in [1.82, 2.24) is 9.88 Å². The summed E-state index contributed by atoms with van der Waals surface area (Å²) in [6.07, 6.45) is 5.11. The van der Waals surface area contributed by atoms with Crippen LogP contribution in [0.25, 0.3) is 0 Å². The second-order valence-corrected chi connectivity index (χ2v) is 5.08. The molecule has 1 heterocycles. The first-order valence-corrected chi connectivity index (χ1v) is 7.29. The fraction of sp³-hybridized carbons (Fsp3) is 0.600. The normalized spacial score (nSPS) is 13.7. The first-order valence-electron chi connectivity index (χ1n) is 7.29. The third kappa shape index (κ3) is 4.49. The Morgan fingerprint density at radius 1 is 1.50 bits per heavy atom. The van der Waals surface area contributed by atoms with Crippen LogP contribution in [0.3, 0.4) is 0 Å². The lowest BCUT2D eigenvalue weighted by Gasteiger charge is -2.28. The van der Waals surface area contributed by atoms with Gasteiger partial charge in [0.05, 0.1) is 0 Å². The summed E-state index contributed by atoms with van der Waals surface area (Å²) >= 11 is 0. The van der Waals surface area contributed by atoms with Crippen LogP contribution in [-0.2, 0) is 6.54 Å². The quantitative estimate of drug-likeness (QED) is 0.332. The maximum Gasteiger partial charge on any atom is 0.189 e. The molecule has 1 unspecified atom stereocenters. The second kappa shape index (κ2) is 8.53. The van der Waals surface area contributed by atoms with Crippen LogP contribution in [0.2, 0.25) is 0 Å². The van der Waals surface area contributed by atoms with Crippen LogP contribution in [0.4, 0.5) is 0 Å². The summed E-state index contributed by atoms with van der Waals surface area (Å²) in [5.74, 6) is 0.0696. The van der Waals surface area contributed by atoms with E-state index in [4.69, 9.17) is 10.9 Å². The van der Waals surface area contributed by atoms with Gasteiger partial charge in [-0.15, -0.1) is 0 Å². The molecule has 5 heteroatoms. The van der Waals surface area contributed by atoms with Crippen molar-refractivity contribution in [1.29, 1.82) is 0 Å². The minimum atomic E-state index is 0.0696. The highest BCUT2D eigenvalue weighted by Crippen LogP contribution is 2.14. The number of unbranched alkanes of at least 4 members (excludes halogenated alkanes) is 1. The molecule has 0 radical (unpaired) electrons. The summed E-state index contributed by atoms with van der Waals surface area (Å²) in [5.41, 5.74) is 7.27. The molecule has 1 atom stereocenters. The maximum absolute atomic E-state index is 8.85. The van der Waals surface area contributed by atoms with Gasteiger partial charge in [0.2, 0.25) is 0 Å². The molecular weight excluding hydrogens is 252 g/mol. The van der Waals surface area contributed by atoms with E-state index in [-0.39, 0.29) is 5.84 Å². The largest absolute Gasteiger partial charge is 0.409 e. The van der Waals surface area contributed by atoms with E-state index in [2.05, 4.69) is 35.8 Å². The van der Waals surface area contributed by atoms with Crippen LogP contribution in [0.1, 0.15) is 51.3 Å². The predicted octanol–water partition coefficient (Wildman–Crippen LogP) is 2.58. The number of nitrogens with two attached hydrogens (primary N) is 1. The average Bonchev–Trinajstić information content (AvgIpc) is 2.50. The van der Waals surface area contributed by atoms with Gasteiger partial charge in [-0.3, -0.25) is 9.88 Å². The van der Waals surface area contributed by atoms with E-state index < -0.39 is 0 Å². The van der Waals surface area contributed by atoms with Crippen molar-refractivity contribution >= 4 is 5.84 Å². The van der Waals surface area contributed by atoms with Crippen LogP contribution < -0.4 is 5.73 Å². The molecule has 0 saturated carbocycles. The number of rotatable bonds is 8. The molecule has 1 aromatic heterocycles. The number of pyridine rings is 1. The van der Waals surface area contributed by atoms with Crippen LogP contribution in [0.5, 0.6) is 0 Å². The first-order chi connectivity index (χ1) is 9.63. The number of nitrogens with zero attached hydrogens (tertiary/aromatic N) is 3. The van der Waals surface area contributed by atoms with Gasteiger partial charge in [0.1, 0.15) is 5.69 Å². The smallest absolute Gasteiger partial charge is 0.189 e. The molecule has 0 spiro atoms. The van der Waals surface area contributed by atoms with Gasteiger partial charge in [-0.1, -0.05) is 31.5 Å². The van der Waals surface area contributed by atoms with Gasteiger partial charge in [0.25, 0.3) is 0 Å². The number of hydrogen-bond donors (Lipinski definition) is 2. The fourth-order valence-electron chi connectivity index (χ4n) is 2.14. The highest BCUT2D eigenvalue weighted by Gasteiger charge is 2.16. The molecule has 0 aliphatic rings. The van der Waals surface area contributed by atoms with Crippen molar-refractivity contribution in [3.05, 3.63) is 29.6 Å². The van der Waals surface area contributed by atoms with Gasteiger partial charge < -0.3 is 10.9 Å². The Labute approximate surface area is 121 Å². The van der Waals surface area contributed by atoms with Gasteiger partial charge in [-0.05, 0) is 37.9 Å². The summed E-state index contributed by atoms with van der Waals surface area (Å²) in [6, 6.07) is 4.38. The SMILES string of the molecule is CCCCN(Cc1cccnc1C(N)=NO)C(C)CC. The molecule has 0 aromatic carbocycles. The molecule has 1 rings (SSSR count). The molecule has 0 aliphatic heterocycles. The van der Waals surface area contributed by atoms with Crippen LogP contribution >= 0.6 is 0 Å². The third-order valence-electron chi connectivity index (χ3n) is 3.63. The molecular formula is C15H26N4O. The van der Waals surface area contributed by atoms with Crippen molar-refractivity contribution in [3.63, 3.8) is 0 Å². The second-order valence-electron chi connectivity index (χ2n) is 5.08. The molecule has 0 amide bonds. The molecule has 5 nitrogen and oxygen atoms in total. The van der Waals surface area contributed by atoms with E-state index in [1.165, 1.54) is 12.8 Å². The van der Waals surface area contributed by atoms with E-state index in [1.54, 1.807) is 6.20 Å². The fourth-order valence-corrected chi connectivity index (χ4v) is 2.14. The van der Waals surface area contributed by atoms with Crippen molar-refractivity contribution in [3.8, 4) is 0 Å². The highest BCUT2D eigenvalue weighted by atomic mass is 16.4. The molecule has 3 N–H and O–H groups in total. The van der Waals surface area contributed by atoms with Gasteiger partial charge >= 0.3 is 0 Å². The maximum atomic E-state index is 8.85. The van der Waals surface area contributed by atoms with E-state index >= 15 is 0 Å². The zero-order chi connectivity index (χ0) is 15.0. The zero-order valence-electron chi connectivity index (χ0n) is 12.7. The lowest BCUT2D eigenvalue weighted by molar-refractivity contribution is 0.192.